The van der Waals surface area contributed by atoms with E-state index in [-0.39, 0.29) is 23.7 Å². The van der Waals surface area contributed by atoms with Crippen LogP contribution in [0.4, 0.5) is 4.79 Å². The number of carbonyl (C=O) groups is 3. The van der Waals surface area contributed by atoms with E-state index >= 15 is 0 Å². The van der Waals surface area contributed by atoms with Gasteiger partial charge in [-0.1, -0.05) is 0 Å². The van der Waals surface area contributed by atoms with Crippen molar-refractivity contribution in [2.24, 2.45) is 0 Å². The number of rotatable bonds is 10. The number of hydrogen-bond donors (Lipinski definition) is 5. The van der Waals surface area contributed by atoms with E-state index in [1.807, 2.05) is 0 Å². The maximum atomic E-state index is 12.5. The highest BCUT2D eigenvalue weighted by molar-refractivity contribution is 5.87. The molecular weight excluding hydrogens is 544 g/mol. The van der Waals surface area contributed by atoms with Gasteiger partial charge in [0, 0.05) is 30.6 Å². The maximum Gasteiger partial charge on any atom is 0.407 e. The molecule has 2 heterocycles. The van der Waals surface area contributed by atoms with Crippen LogP contribution in [0.5, 0.6) is 5.75 Å². The van der Waals surface area contributed by atoms with Gasteiger partial charge in [-0.25, -0.2) is 14.4 Å². The number of aliphatic hydroxyl groups excluding tert-OH is 3. The normalized spacial score (nSPS) is 22.6. The van der Waals surface area contributed by atoms with Gasteiger partial charge >= 0.3 is 17.7 Å². The number of amides is 2. The third-order valence-electron chi connectivity index (χ3n) is 6.00. The molecule has 0 aliphatic carbocycles. The monoisotopic (exact) mass is 580 g/mol. The van der Waals surface area contributed by atoms with Crippen LogP contribution in [0.2, 0.25) is 0 Å². The van der Waals surface area contributed by atoms with E-state index in [0.717, 1.165) is 7.11 Å². The van der Waals surface area contributed by atoms with E-state index < -0.39 is 54.0 Å². The van der Waals surface area contributed by atoms with Crippen molar-refractivity contribution in [1.29, 1.82) is 0 Å². The van der Waals surface area contributed by atoms with E-state index in [0.29, 0.717) is 36.9 Å². The Balaban J connectivity index is 1.58. The number of nitrogens with one attached hydrogen (secondary N) is 2. The molecular formula is C27H36N2O12. The van der Waals surface area contributed by atoms with Gasteiger partial charge < -0.3 is 49.3 Å². The molecule has 3 rings (SSSR count). The number of ether oxygens (including phenoxy) is 4. The fraction of sp³-hybridized carbons (Fsp3) is 0.556. The molecule has 0 saturated carbocycles. The molecule has 14 nitrogen and oxygen atoms in total. The molecule has 1 aliphatic rings. The van der Waals surface area contributed by atoms with Gasteiger partial charge in [-0.15, -0.1) is 0 Å². The smallest absolute Gasteiger partial charge is 0.407 e. The van der Waals surface area contributed by atoms with E-state index in [9.17, 15) is 34.5 Å². The third kappa shape index (κ3) is 8.88. The molecule has 1 aliphatic heterocycles. The predicted octanol–water partition coefficient (Wildman–Crippen LogP) is 0.116. The quantitative estimate of drug-likeness (QED) is 0.144. The summed E-state index contributed by atoms with van der Waals surface area (Å²) in [6.07, 6.45) is -7.76. The summed E-state index contributed by atoms with van der Waals surface area (Å²) >= 11 is 0. The molecule has 0 bridgehead atoms. The van der Waals surface area contributed by atoms with Crippen LogP contribution in [-0.4, -0.2) is 89.8 Å². The van der Waals surface area contributed by atoms with Gasteiger partial charge in [0.25, 0.3) is 0 Å². The standard InChI is InChI=1S/C27H36N2O12/c1-27(2,3)41-26(36)29-10-6-5-9-28-18(30)11-14-12-19(31)39-17-13-15(7-8-16(14)17)38-25-22(34)20(32)21(33)23(40-25)24(35)37-4/h7-8,12-13,20-23,25,32-34H,5-6,9-11H2,1-4H3,(H,28,30)(H,29,36)/t20-,21-,22+,23+,25+/m0/s1. The Labute approximate surface area is 235 Å². The summed E-state index contributed by atoms with van der Waals surface area (Å²) in [5.41, 5.74) is -0.795. The van der Waals surface area contributed by atoms with E-state index in [2.05, 4.69) is 15.4 Å². The van der Waals surface area contributed by atoms with Gasteiger partial charge in [-0.05, 0) is 51.3 Å². The second-order valence-corrected chi connectivity index (χ2v) is 10.4. The lowest BCUT2D eigenvalue weighted by Crippen LogP contribution is -2.61. The minimum absolute atomic E-state index is 0.0542. The van der Waals surface area contributed by atoms with Crippen LogP contribution in [-0.2, 0) is 30.2 Å². The molecule has 1 saturated heterocycles. The van der Waals surface area contributed by atoms with Gasteiger partial charge in [0.05, 0.1) is 13.5 Å². The summed E-state index contributed by atoms with van der Waals surface area (Å²) < 4.78 is 25.8. The van der Waals surface area contributed by atoms with E-state index in [4.69, 9.17) is 18.6 Å². The molecule has 0 spiro atoms. The molecule has 2 amide bonds. The van der Waals surface area contributed by atoms with E-state index in [1.54, 1.807) is 20.8 Å². The predicted molar refractivity (Wildman–Crippen MR) is 142 cm³/mol. The minimum atomic E-state index is -1.76. The highest BCUT2D eigenvalue weighted by Gasteiger charge is 2.48. The number of aliphatic hydroxyl groups is 3. The van der Waals surface area contributed by atoms with Gasteiger partial charge in [-0.3, -0.25) is 4.79 Å². The summed E-state index contributed by atoms with van der Waals surface area (Å²) in [6, 6.07) is 5.54. The summed E-state index contributed by atoms with van der Waals surface area (Å²) in [4.78, 5) is 48.2. The van der Waals surface area contributed by atoms with Crippen LogP contribution in [0, 0.1) is 0 Å². The van der Waals surface area contributed by atoms with Crippen molar-refractivity contribution in [2.75, 3.05) is 20.2 Å². The average Bonchev–Trinajstić information content (AvgIpc) is 2.89. The van der Waals surface area contributed by atoms with Crippen LogP contribution in [0.3, 0.4) is 0 Å². The largest absolute Gasteiger partial charge is 0.467 e. The number of benzene rings is 1. The number of esters is 1. The number of hydrogen-bond acceptors (Lipinski definition) is 12. The first kappa shape index (κ1) is 31.8. The maximum absolute atomic E-state index is 12.5. The molecule has 0 radical (unpaired) electrons. The summed E-state index contributed by atoms with van der Waals surface area (Å²) in [5.74, 6) is -1.24. The summed E-state index contributed by atoms with van der Waals surface area (Å²) in [7, 11) is 1.07. The molecule has 1 aromatic carbocycles. The van der Waals surface area contributed by atoms with Crippen molar-refractivity contribution in [1.82, 2.24) is 10.6 Å². The molecule has 5 N–H and O–H groups in total. The Kier molecular flexibility index (Phi) is 10.7. The Hall–Kier alpha value is -3.72. The number of fused-ring (bicyclic) bond motifs is 1. The lowest BCUT2D eigenvalue weighted by molar-refractivity contribution is -0.271. The second kappa shape index (κ2) is 13.8. The van der Waals surface area contributed by atoms with Crippen molar-refractivity contribution in [3.8, 4) is 5.75 Å². The molecule has 41 heavy (non-hydrogen) atoms. The topological polar surface area (TPSA) is 203 Å². The number of alkyl carbamates (subject to hydrolysis) is 1. The second-order valence-electron chi connectivity index (χ2n) is 10.4. The van der Waals surface area contributed by atoms with Crippen LogP contribution < -0.4 is 21.0 Å². The molecule has 226 valence electrons. The van der Waals surface area contributed by atoms with Crippen molar-refractivity contribution in [3.63, 3.8) is 0 Å². The van der Waals surface area contributed by atoms with Gasteiger partial charge in [0.2, 0.25) is 12.2 Å². The number of carbonyl (C=O) groups excluding carboxylic acids is 3. The van der Waals surface area contributed by atoms with Crippen molar-refractivity contribution >= 4 is 28.9 Å². The fourth-order valence-corrected chi connectivity index (χ4v) is 4.04. The molecule has 2 aromatic rings. The summed E-state index contributed by atoms with van der Waals surface area (Å²) in [5, 5.41) is 36.3. The third-order valence-corrected chi connectivity index (χ3v) is 6.00. The molecule has 0 unspecified atom stereocenters. The molecule has 5 atom stereocenters. The molecule has 14 heteroatoms. The highest BCUT2D eigenvalue weighted by Crippen LogP contribution is 2.28. The number of unbranched alkanes of at least 4 members (excludes halogenated alkanes) is 1. The first-order chi connectivity index (χ1) is 19.3. The van der Waals surface area contributed by atoms with Gasteiger partial charge in [0.15, 0.2) is 6.10 Å². The summed E-state index contributed by atoms with van der Waals surface area (Å²) in [6.45, 7) is 6.07. The van der Waals surface area contributed by atoms with Crippen molar-refractivity contribution in [2.45, 2.75) is 76.3 Å². The Morgan fingerprint density at radius 2 is 1.66 bits per heavy atom. The zero-order valence-electron chi connectivity index (χ0n) is 23.2. The van der Waals surface area contributed by atoms with Crippen LogP contribution in [0.1, 0.15) is 39.2 Å². The minimum Gasteiger partial charge on any atom is -0.467 e. The average molecular weight is 581 g/mol. The Bertz CT molecular complexity index is 1290. The number of methoxy groups -OCH3 is 1. The molecule has 1 fully saturated rings. The van der Waals surface area contributed by atoms with E-state index in [1.165, 1.54) is 24.3 Å². The van der Waals surface area contributed by atoms with Crippen molar-refractivity contribution in [3.05, 3.63) is 40.2 Å². The lowest BCUT2D eigenvalue weighted by Gasteiger charge is -2.38. The van der Waals surface area contributed by atoms with Crippen LogP contribution in [0.15, 0.2) is 33.5 Å². The van der Waals surface area contributed by atoms with Crippen LogP contribution >= 0.6 is 0 Å². The van der Waals surface area contributed by atoms with Crippen LogP contribution in [0.25, 0.3) is 11.0 Å². The Morgan fingerprint density at radius 1 is 0.976 bits per heavy atom. The zero-order valence-corrected chi connectivity index (χ0v) is 23.2. The lowest BCUT2D eigenvalue weighted by atomic mass is 9.99. The highest BCUT2D eigenvalue weighted by atomic mass is 16.7. The van der Waals surface area contributed by atoms with Gasteiger partial charge in [-0.2, -0.15) is 0 Å². The SMILES string of the molecule is COC(=O)[C@@H]1O[C@@H](Oc2ccc3c(CC(=O)NCCCCNC(=O)OC(C)(C)C)cc(=O)oc3c2)[C@H](O)[C@@H](O)[C@@H]1O. The van der Waals surface area contributed by atoms with Gasteiger partial charge in [0.1, 0.15) is 35.2 Å². The van der Waals surface area contributed by atoms with Crippen molar-refractivity contribution < 1.29 is 53.1 Å². The Morgan fingerprint density at radius 3 is 2.32 bits per heavy atom. The first-order valence-corrected chi connectivity index (χ1v) is 13.0. The molecule has 1 aromatic heterocycles. The zero-order chi connectivity index (χ0) is 30.3. The fourth-order valence-electron chi connectivity index (χ4n) is 4.04. The first-order valence-electron chi connectivity index (χ1n) is 13.0.